The van der Waals surface area contributed by atoms with Gasteiger partial charge >= 0.3 is 0 Å². The molecule has 1 unspecified atom stereocenters. The highest BCUT2D eigenvalue weighted by Crippen LogP contribution is 2.47. The van der Waals surface area contributed by atoms with Gasteiger partial charge in [-0.3, -0.25) is 0 Å². The number of rotatable bonds is 1. The maximum absolute atomic E-state index is 2.51. The Morgan fingerprint density at radius 2 is 1.32 bits per heavy atom. The van der Waals surface area contributed by atoms with Gasteiger partial charge in [0.05, 0.1) is 0 Å². The van der Waals surface area contributed by atoms with Crippen molar-refractivity contribution in [2.75, 3.05) is 0 Å². The van der Waals surface area contributed by atoms with Crippen molar-refractivity contribution >= 4 is 33.7 Å². The minimum Gasteiger partial charge on any atom is -0.0830 e. The van der Waals surface area contributed by atoms with Gasteiger partial charge in [0.25, 0.3) is 0 Å². The van der Waals surface area contributed by atoms with Gasteiger partial charge in [-0.2, -0.15) is 0 Å². The summed E-state index contributed by atoms with van der Waals surface area (Å²) in [5.41, 5.74) is 2.68. The SMILES string of the molecule is C1=CCC2(c3c4ccccc4cc4ccccc34)C=c3ccccc3=CC2=C1. The fourth-order valence-corrected chi connectivity index (χ4v) is 5.03. The first-order valence-corrected chi connectivity index (χ1v) is 9.93. The van der Waals surface area contributed by atoms with Gasteiger partial charge in [-0.1, -0.05) is 97.1 Å². The van der Waals surface area contributed by atoms with E-state index in [-0.39, 0.29) is 5.41 Å². The Hall–Kier alpha value is -3.38. The lowest BCUT2D eigenvalue weighted by Crippen LogP contribution is -2.38. The van der Waals surface area contributed by atoms with E-state index in [2.05, 4.69) is 109 Å². The smallest absolute Gasteiger partial charge is 0.0437 e. The molecule has 0 aromatic heterocycles. The maximum atomic E-state index is 2.51. The van der Waals surface area contributed by atoms with Crippen LogP contribution in [0.25, 0.3) is 33.7 Å². The standard InChI is InChI=1S/C28H20/c1-2-12-23-19-28(16-8-7-13-24(28)18-20(23)9-1)27-25-14-5-3-10-21(25)17-22-11-4-6-15-26(22)27/h1-15,17-19H,16H2. The quantitative estimate of drug-likeness (QED) is 0.401. The molecule has 0 radical (unpaired) electrons. The minimum atomic E-state index is -0.135. The number of allylic oxidation sites excluding steroid dienone is 4. The number of fused-ring (bicyclic) bond motifs is 4. The summed E-state index contributed by atoms with van der Waals surface area (Å²) in [6.07, 6.45) is 12.7. The van der Waals surface area contributed by atoms with Gasteiger partial charge in [0.2, 0.25) is 0 Å². The molecule has 0 aliphatic heterocycles. The molecule has 0 nitrogen and oxygen atoms in total. The molecule has 4 aromatic rings. The first-order chi connectivity index (χ1) is 13.9. The van der Waals surface area contributed by atoms with E-state index >= 15 is 0 Å². The van der Waals surface area contributed by atoms with Gasteiger partial charge in [0, 0.05) is 5.41 Å². The fourth-order valence-electron chi connectivity index (χ4n) is 5.03. The zero-order chi connectivity index (χ0) is 18.6. The highest BCUT2D eigenvalue weighted by molar-refractivity contribution is 6.05. The summed E-state index contributed by atoms with van der Waals surface area (Å²) >= 11 is 0. The summed E-state index contributed by atoms with van der Waals surface area (Å²) < 4.78 is 0. The molecule has 132 valence electrons. The van der Waals surface area contributed by atoms with Crippen LogP contribution in [0, 0.1) is 0 Å². The molecule has 0 bridgehead atoms. The van der Waals surface area contributed by atoms with Crippen LogP contribution < -0.4 is 10.4 Å². The van der Waals surface area contributed by atoms with Crippen molar-refractivity contribution in [3.8, 4) is 0 Å². The van der Waals surface area contributed by atoms with E-state index in [4.69, 9.17) is 0 Å². The third-order valence-corrected chi connectivity index (χ3v) is 6.29. The molecule has 4 aromatic carbocycles. The third-order valence-electron chi connectivity index (χ3n) is 6.29. The van der Waals surface area contributed by atoms with Gasteiger partial charge < -0.3 is 0 Å². The monoisotopic (exact) mass is 356 g/mol. The Bertz CT molecular complexity index is 1380. The summed E-state index contributed by atoms with van der Waals surface area (Å²) in [6, 6.07) is 28.7. The Balaban J connectivity index is 1.83. The normalized spacial score (nSPS) is 20.1. The van der Waals surface area contributed by atoms with Crippen molar-refractivity contribution in [1.29, 1.82) is 0 Å². The third kappa shape index (κ3) is 2.12. The lowest BCUT2D eigenvalue weighted by atomic mass is 9.65. The van der Waals surface area contributed by atoms with Crippen LogP contribution in [-0.2, 0) is 5.41 Å². The van der Waals surface area contributed by atoms with E-state index in [1.165, 1.54) is 43.1 Å². The molecule has 0 N–H and O–H groups in total. The number of hydrogen-bond acceptors (Lipinski definition) is 0. The molecule has 0 spiro atoms. The van der Waals surface area contributed by atoms with E-state index < -0.39 is 0 Å². The summed E-state index contributed by atoms with van der Waals surface area (Å²) in [5.74, 6) is 0. The molecule has 0 amide bonds. The first kappa shape index (κ1) is 15.7. The van der Waals surface area contributed by atoms with Crippen LogP contribution >= 0.6 is 0 Å². The average Bonchev–Trinajstić information content (AvgIpc) is 2.75. The lowest BCUT2D eigenvalue weighted by molar-refractivity contribution is 0.698. The van der Waals surface area contributed by atoms with Crippen LogP contribution in [0.4, 0.5) is 0 Å². The van der Waals surface area contributed by atoms with Crippen LogP contribution in [0.5, 0.6) is 0 Å². The first-order valence-electron chi connectivity index (χ1n) is 9.93. The Kier molecular flexibility index (Phi) is 3.25. The summed E-state index contributed by atoms with van der Waals surface area (Å²) in [7, 11) is 0. The Morgan fingerprint density at radius 3 is 2.07 bits per heavy atom. The molecular weight excluding hydrogens is 336 g/mol. The van der Waals surface area contributed by atoms with E-state index in [0.717, 1.165) is 6.42 Å². The lowest BCUT2D eigenvalue weighted by Gasteiger charge is -2.37. The predicted octanol–water partition coefficient (Wildman–Crippen LogP) is 5.39. The topological polar surface area (TPSA) is 0 Å². The second-order valence-electron chi connectivity index (χ2n) is 7.84. The average molecular weight is 356 g/mol. The largest absolute Gasteiger partial charge is 0.0830 e. The van der Waals surface area contributed by atoms with Crippen LogP contribution in [0.3, 0.4) is 0 Å². The van der Waals surface area contributed by atoms with Crippen LogP contribution in [-0.4, -0.2) is 0 Å². The molecular formula is C28H20. The molecule has 0 saturated carbocycles. The van der Waals surface area contributed by atoms with Gasteiger partial charge in [-0.25, -0.2) is 0 Å². The van der Waals surface area contributed by atoms with Gasteiger partial charge in [0.1, 0.15) is 0 Å². The summed E-state index contributed by atoms with van der Waals surface area (Å²) in [6.45, 7) is 0. The number of benzene rings is 4. The van der Waals surface area contributed by atoms with Crippen molar-refractivity contribution in [2.24, 2.45) is 0 Å². The van der Waals surface area contributed by atoms with Crippen molar-refractivity contribution in [2.45, 2.75) is 11.8 Å². The van der Waals surface area contributed by atoms with Crippen LogP contribution in [0.15, 0.2) is 103 Å². The molecule has 0 heterocycles. The van der Waals surface area contributed by atoms with Gasteiger partial charge in [-0.05, 0) is 61.7 Å². The zero-order valence-corrected chi connectivity index (χ0v) is 15.6. The molecule has 2 aliphatic rings. The van der Waals surface area contributed by atoms with Crippen molar-refractivity contribution in [1.82, 2.24) is 0 Å². The second-order valence-corrected chi connectivity index (χ2v) is 7.84. The fraction of sp³-hybridized carbons (Fsp3) is 0.0714. The Labute approximate surface area is 164 Å². The van der Waals surface area contributed by atoms with Crippen LogP contribution in [0.2, 0.25) is 0 Å². The highest BCUT2D eigenvalue weighted by atomic mass is 14.4. The van der Waals surface area contributed by atoms with Crippen molar-refractivity contribution in [3.63, 3.8) is 0 Å². The predicted molar refractivity (Wildman–Crippen MR) is 120 cm³/mol. The molecule has 0 saturated heterocycles. The van der Waals surface area contributed by atoms with Gasteiger partial charge in [0.15, 0.2) is 0 Å². The Morgan fingerprint density at radius 1 is 0.679 bits per heavy atom. The van der Waals surface area contributed by atoms with E-state index in [1.54, 1.807) is 0 Å². The summed E-state index contributed by atoms with van der Waals surface area (Å²) in [4.78, 5) is 0. The van der Waals surface area contributed by atoms with Crippen molar-refractivity contribution in [3.05, 3.63) is 119 Å². The van der Waals surface area contributed by atoms with E-state index in [1.807, 2.05) is 0 Å². The maximum Gasteiger partial charge on any atom is 0.0437 e. The van der Waals surface area contributed by atoms with E-state index in [9.17, 15) is 0 Å². The second kappa shape index (κ2) is 5.81. The summed E-state index contributed by atoms with van der Waals surface area (Å²) in [5, 5.41) is 7.97. The molecule has 2 aliphatic carbocycles. The molecule has 6 rings (SSSR count). The molecule has 28 heavy (non-hydrogen) atoms. The number of hydrogen-bond donors (Lipinski definition) is 0. The highest BCUT2D eigenvalue weighted by Gasteiger charge is 2.37. The minimum absolute atomic E-state index is 0.135. The molecule has 1 atom stereocenters. The van der Waals surface area contributed by atoms with Crippen molar-refractivity contribution < 1.29 is 0 Å². The van der Waals surface area contributed by atoms with E-state index in [0.29, 0.717) is 0 Å². The molecule has 0 heteroatoms. The zero-order valence-electron chi connectivity index (χ0n) is 15.6. The molecule has 0 fully saturated rings. The van der Waals surface area contributed by atoms with Crippen LogP contribution in [0.1, 0.15) is 12.0 Å². The van der Waals surface area contributed by atoms with Gasteiger partial charge in [-0.15, -0.1) is 0 Å².